The van der Waals surface area contributed by atoms with Gasteiger partial charge in [0.25, 0.3) is 0 Å². The summed E-state index contributed by atoms with van der Waals surface area (Å²) < 4.78 is 0. The van der Waals surface area contributed by atoms with Crippen LogP contribution >= 0.6 is 12.6 Å². The summed E-state index contributed by atoms with van der Waals surface area (Å²) in [7, 11) is 0. The van der Waals surface area contributed by atoms with Crippen LogP contribution in [0.2, 0.25) is 0 Å². The highest BCUT2D eigenvalue weighted by atomic mass is 32.1. The number of carboxylic acid groups (broad SMARTS) is 1. The lowest BCUT2D eigenvalue weighted by Gasteiger charge is -2.26. The summed E-state index contributed by atoms with van der Waals surface area (Å²) in [5, 5.41) is 21.6. The molecular formula is C25H46N6O7S. The first-order valence-electron chi connectivity index (χ1n) is 13.3. The van der Waals surface area contributed by atoms with Gasteiger partial charge in [0.1, 0.15) is 18.1 Å². The summed E-state index contributed by atoms with van der Waals surface area (Å²) in [5.41, 5.74) is 5.87. The summed E-state index contributed by atoms with van der Waals surface area (Å²) in [6, 6.07) is -3.99. The first-order valence-corrected chi connectivity index (χ1v) is 13.9. The van der Waals surface area contributed by atoms with Gasteiger partial charge in [-0.2, -0.15) is 12.6 Å². The van der Waals surface area contributed by atoms with E-state index in [-0.39, 0.29) is 30.1 Å². The number of nitrogens with one attached hydrogen (secondary N) is 5. The van der Waals surface area contributed by atoms with Crippen LogP contribution in [-0.4, -0.2) is 83.6 Å². The molecule has 0 rings (SSSR count). The SMILES string of the molecule is CC[C@H](C)[C@H](N)C(=O)NCC(=O)N[C@H](C(=O)NCC(=O)N[C@H](C(=O)N[C@@H](CS)C(=O)O)[C@@H](C)CC)[C@@H](C)CC. The smallest absolute Gasteiger partial charge is 0.327 e. The minimum atomic E-state index is -1.25. The molecule has 0 aliphatic carbocycles. The van der Waals surface area contributed by atoms with Crippen LogP contribution in [0.1, 0.15) is 60.8 Å². The van der Waals surface area contributed by atoms with Gasteiger partial charge in [0.05, 0.1) is 19.1 Å². The molecule has 0 aliphatic heterocycles. The zero-order valence-electron chi connectivity index (χ0n) is 23.7. The highest BCUT2D eigenvalue weighted by molar-refractivity contribution is 7.80. The number of rotatable bonds is 18. The van der Waals surface area contributed by atoms with E-state index in [1.165, 1.54) is 0 Å². The number of carbonyl (C=O) groups excluding carboxylic acids is 5. The number of amides is 5. The molecule has 0 bridgehead atoms. The second-order valence-corrected chi connectivity index (χ2v) is 10.2. The number of hydrogen-bond donors (Lipinski definition) is 8. The first-order chi connectivity index (χ1) is 18.2. The molecule has 0 saturated heterocycles. The lowest BCUT2D eigenvalue weighted by Crippen LogP contribution is -2.57. The molecule has 224 valence electrons. The molecule has 5 amide bonds. The third-order valence-electron chi connectivity index (χ3n) is 6.83. The second kappa shape index (κ2) is 18.4. The molecule has 0 fully saturated rings. The van der Waals surface area contributed by atoms with Gasteiger partial charge in [0.2, 0.25) is 29.5 Å². The van der Waals surface area contributed by atoms with Crippen LogP contribution in [0.15, 0.2) is 0 Å². The van der Waals surface area contributed by atoms with Crippen LogP contribution in [0.25, 0.3) is 0 Å². The van der Waals surface area contributed by atoms with E-state index in [9.17, 15) is 28.8 Å². The van der Waals surface area contributed by atoms with Crippen molar-refractivity contribution in [2.45, 2.75) is 85.0 Å². The van der Waals surface area contributed by atoms with Crippen molar-refractivity contribution in [1.29, 1.82) is 0 Å². The van der Waals surface area contributed by atoms with Crippen molar-refractivity contribution in [3.63, 3.8) is 0 Å². The topological polar surface area (TPSA) is 209 Å². The van der Waals surface area contributed by atoms with Gasteiger partial charge in [-0.25, -0.2) is 4.79 Å². The largest absolute Gasteiger partial charge is 0.480 e. The maximum absolute atomic E-state index is 12.9. The fourth-order valence-electron chi connectivity index (χ4n) is 3.37. The van der Waals surface area contributed by atoms with E-state index in [0.29, 0.717) is 19.3 Å². The van der Waals surface area contributed by atoms with E-state index < -0.39 is 66.2 Å². The Kier molecular flexibility index (Phi) is 17.1. The van der Waals surface area contributed by atoms with E-state index in [2.05, 4.69) is 39.2 Å². The van der Waals surface area contributed by atoms with Gasteiger partial charge in [-0.15, -0.1) is 0 Å². The lowest BCUT2D eigenvalue weighted by atomic mass is 9.97. The zero-order valence-corrected chi connectivity index (χ0v) is 24.6. The van der Waals surface area contributed by atoms with Crippen molar-refractivity contribution in [1.82, 2.24) is 26.6 Å². The molecule has 0 spiro atoms. The van der Waals surface area contributed by atoms with E-state index >= 15 is 0 Å². The van der Waals surface area contributed by atoms with E-state index in [1.807, 2.05) is 27.7 Å². The molecule has 7 atom stereocenters. The number of hydrogen-bond acceptors (Lipinski definition) is 8. The summed E-state index contributed by atoms with van der Waals surface area (Å²) in [6.45, 7) is 10.0. The normalized spacial score (nSPS) is 16.3. The number of carboxylic acids is 1. The Morgan fingerprint density at radius 1 is 0.692 bits per heavy atom. The van der Waals surface area contributed by atoms with Crippen molar-refractivity contribution in [3.8, 4) is 0 Å². The third kappa shape index (κ3) is 12.7. The average Bonchev–Trinajstić information content (AvgIpc) is 2.92. The molecule has 0 aromatic heterocycles. The van der Waals surface area contributed by atoms with Crippen molar-refractivity contribution in [2.24, 2.45) is 23.5 Å². The molecule has 14 heteroatoms. The van der Waals surface area contributed by atoms with E-state index in [4.69, 9.17) is 10.8 Å². The summed E-state index contributed by atoms with van der Waals surface area (Å²) >= 11 is 3.92. The minimum Gasteiger partial charge on any atom is -0.480 e. The van der Waals surface area contributed by atoms with Crippen LogP contribution in [0.4, 0.5) is 0 Å². The number of thiol groups is 1. The van der Waals surface area contributed by atoms with Gasteiger partial charge in [0, 0.05) is 5.75 Å². The highest BCUT2D eigenvalue weighted by Crippen LogP contribution is 2.10. The Morgan fingerprint density at radius 3 is 1.49 bits per heavy atom. The number of nitrogens with two attached hydrogens (primary N) is 1. The van der Waals surface area contributed by atoms with Gasteiger partial charge in [-0.3, -0.25) is 24.0 Å². The molecule has 0 radical (unpaired) electrons. The summed E-state index contributed by atoms with van der Waals surface area (Å²) in [6.07, 6.45) is 1.76. The maximum atomic E-state index is 12.9. The van der Waals surface area contributed by atoms with Gasteiger partial charge in [0.15, 0.2) is 0 Å². The number of carbonyl (C=O) groups is 6. The van der Waals surface area contributed by atoms with Crippen LogP contribution in [0.3, 0.4) is 0 Å². The zero-order chi connectivity index (χ0) is 30.3. The van der Waals surface area contributed by atoms with Crippen LogP contribution < -0.4 is 32.3 Å². The van der Waals surface area contributed by atoms with Gasteiger partial charge >= 0.3 is 5.97 Å². The van der Waals surface area contributed by atoms with Crippen molar-refractivity contribution in [3.05, 3.63) is 0 Å². The molecule has 0 aromatic rings. The van der Waals surface area contributed by atoms with Crippen LogP contribution in [0.5, 0.6) is 0 Å². The van der Waals surface area contributed by atoms with Crippen molar-refractivity contribution < 1.29 is 33.9 Å². The molecule has 13 nitrogen and oxygen atoms in total. The third-order valence-corrected chi connectivity index (χ3v) is 7.19. The molecule has 8 N–H and O–H groups in total. The van der Waals surface area contributed by atoms with Crippen LogP contribution in [-0.2, 0) is 28.8 Å². The number of aliphatic carboxylic acids is 1. The molecule has 0 unspecified atom stereocenters. The highest BCUT2D eigenvalue weighted by Gasteiger charge is 2.30. The lowest BCUT2D eigenvalue weighted by molar-refractivity contribution is -0.141. The van der Waals surface area contributed by atoms with Crippen molar-refractivity contribution in [2.75, 3.05) is 18.8 Å². The summed E-state index contributed by atoms with van der Waals surface area (Å²) in [5.74, 6) is -5.07. The predicted molar refractivity (Wildman–Crippen MR) is 150 cm³/mol. The van der Waals surface area contributed by atoms with Gasteiger partial charge < -0.3 is 37.4 Å². The van der Waals surface area contributed by atoms with Gasteiger partial charge in [-0.05, 0) is 17.8 Å². The molecule has 0 heterocycles. The van der Waals surface area contributed by atoms with E-state index in [0.717, 1.165) is 0 Å². The fourth-order valence-corrected chi connectivity index (χ4v) is 3.62. The molecule has 39 heavy (non-hydrogen) atoms. The van der Waals surface area contributed by atoms with Crippen LogP contribution in [0, 0.1) is 17.8 Å². The standard InChI is InChI=1S/C25H46N6O7S/c1-7-13(4)19(26)22(34)27-10-17(32)30-20(14(5)8-2)23(35)28-11-18(33)31-21(15(6)9-3)24(36)29-16(12-39)25(37)38/h13-16,19-21,39H,7-12,26H2,1-6H3,(H,27,34)(H,28,35)(H,29,36)(H,30,32)(H,31,33)(H,37,38)/t13-,14-,15-,16-,19-,20-,21-/m0/s1. The predicted octanol–water partition coefficient (Wildman–Crippen LogP) is -0.847. The Hall–Kier alpha value is -2.87. The Morgan fingerprint density at radius 2 is 1.10 bits per heavy atom. The van der Waals surface area contributed by atoms with Gasteiger partial charge in [-0.1, -0.05) is 60.8 Å². The maximum Gasteiger partial charge on any atom is 0.327 e. The molecule has 0 aliphatic rings. The Balaban J connectivity index is 5.16. The molecule has 0 aromatic carbocycles. The summed E-state index contributed by atoms with van der Waals surface area (Å²) in [4.78, 5) is 74.0. The Bertz CT molecular complexity index is 859. The van der Waals surface area contributed by atoms with Crippen molar-refractivity contribution >= 4 is 48.1 Å². The van der Waals surface area contributed by atoms with E-state index in [1.54, 1.807) is 13.8 Å². The average molecular weight is 575 g/mol. The minimum absolute atomic E-state index is 0.0644. The quantitative estimate of drug-likeness (QED) is 0.0965. The second-order valence-electron chi connectivity index (χ2n) is 9.79. The fraction of sp³-hybridized carbons (Fsp3) is 0.760. The Labute approximate surface area is 236 Å². The molecular weight excluding hydrogens is 528 g/mol. The molecule has 0 saturated carbocycles. The monoisotopic (exact) mass is 574 g/mol. The first kappa shape index (κ1) is 36.1.